The number of rotatable bonds is 3. The number of halogens is 3. The van der Waals surface area contributed by atoms with Crippen LogP contribution < -0.4 is 5.32 Å². The summed E-state index contributed by atoms with van der Waals surface area (Å²) < 4.78 is 39.1. The highest BCUT2D eigenvalue weighted by Gasteiger charge is 2.31. The first kappa shape index (κ1) is 18.6. The fourth-order valence-electron chi connectivity index (χ4n) is 2.50. The Bertz CT molecular complexity index is 758. The van der Waals surface area contributed by atoms with E-state index in [0.29, 0.717) is 23.9 Å². The highest BCUT2D eigenvalue weighted by molar-refractivity contribution is 7.99. The van der Waals surface area contributed by atoms with Gasteiger partial charge in [0.1, 0.15) is 0 Å². The van der Waals surface area contributed by atoms with E-state index in [1.165, 1.54) is 12.3 Å². The number of nitrogens with one attached hydrogen (secondary N) is 2. The minimum absolute atomic E-state index is 0.275. The summed E-state index contributed by atoms with van der Waals surface area (Å²) in [4.78, 5) is 23.3. The first-order valence-electron chi connectivity index (χ1n) is 7.96. The van der Waals surface area contributed by atoms with Crippen molar-refractivity contribution in [3.05, 3.63) is 36.2 Å². The third kappa shape index (κ3) is 4.50. The second-order valence-electron chi connectivity index (χ2n) is 5.93. The molecule has 0 aliphatic carbocycles. The number of carbonyl (C=O) groups excluding carboxylic acids is 1. The van der Waals surface area contributed by atoms with Gasteiger partial charge in [0.05, 0.1) is 11.3 Å². The number of nitrogens with zero attached hydrogens (tertiary/aromatic N) is 3. The van der Waals surface area contributed by atoms with Crippen LogP contribution >= 0.6 is 11.8 Å². The summed E-state index contributed by atoms with van der Waals surface area (Å²) in [7, 11) is 1.98. The number of benzene rings is 1. The lowest BCUT2D eigenvalue weighted by atomic mass is 10.2. The van der Waals surface area contributed by atoms with Crippen molar-refractivity contribution in [3.8, 4) is 0 Å². The van der Waals surface area contributed by atoms with Crippen LogP contribution in [0.5, 0.6) is 0 Å². The van der Waals surface area contributed by atoms with Gasteiger partial charge in [0.15, 0.2) is 5.16 Å². The molecule has 1 aromatic heterocycles. The van der Waals surface area contributed by atoms with Gasteiger partial charge in [-0.3, -0.25) is 0 Å². The van der Waals surface area contributed by atoms with Crippen molar-refractivity contribution >= 4 is 23.5 Å². The van der Waals surface area contributed by atoms with E-state index in [-0.39, 0.29) is 10.9 Å². The fraction of sp³-hybridized carbons (Fsp3) is 0.375. The predicted octanol–water partition coefficient (Wildman–Crippen LogP) is 3.36. The van der Waals surface area contributed by atoms with Gasteiger partial charge in [0.2, 0.25) is 0 Å². The maximum absolute atomic E-state index is 13.0. The number of aromatic amines is 1. The molecule has 2 amide bonds. The molecule has 1 saturated heterocycles. The van der Waals surface area contributed by atoms with E-state index >= 15 is 0 Å². The van der Waals surface area contributed by atoms with Gasteiger partial charge in [-0.2, -0.15) is 13.2 Å². The van der Waals surface area contributed by atoms with Crippen molar-refractivity contribution < 1.29 is 18.0 Å². The van der Waals surface area contributed by atoms with Gasteiger partial charge in [0.25, 0.3) is 0 Å². The number of carbonyl (C=O) groups is 1. The Hall–Kier alpha value is -2.20. The molecule has 0 saturated carbocycles. The lowest BCUT2D eigenvalue weighted by molar-refractivity contribution is -0.137. The molecule has 2 N–H and O–H groups in total. The average molecular weight is 385 g/mol. The zero-order valence-corrected chi connectivity index (χ0v) is 14.8. The number of hydrogen-bond acceptors (Lipinski definition) is 4. The summed E-state index contributed by atoms with van der Waals surface area (Å²) in [5, 5.41) is 3.17. The molecule has 3 rings (SSSR count). The van der Waals surface area contributed by atoms with Crippen LogP contribution in [0.15, 0.2) is 40.6 Å². The van der Waals surface area contributed by atoms with Gasteiger partial charge in [-0.05, 0) is 37.0 Å². The molecule has 1 aromatic carbocycles. The van der Waals surface area contributed by atoms with Gasteiger partial charge in [-0.15, -0.1) is 0 Å². The van der Waals surface area contributed by atoms with Crippen molar-refractivity contribution in [2.75, 3.05) is 38.5 Å². The minimum atomic E-state index is -4.46. The Labute approximate surface area is 152 Å². The highest BCUT2D eigenvalue weighted by Crippen LogP contribution is 2.37. The van der Waals surface area contributed by atoms with Gasteiger partial charge in [-0.1, -0.05) is 0 Å². The van der Waals surface area contributed by atoms with E-state index in [4.69, 9.17) is 0 Å². The predicted molar refractivity (Wildman–Crippen MR) is 92.2 cm³/mol. The molecule has 0 bridgehead atoms. The van der Waals surface area contributed by atoms with Gasteiger partial charge in [0, 0.05) is 43.5 Å². The summed E-state index contributed by atoms with van der Waals surface area (Å²) in [6.45, 7) is 2.66. The van der Waals surface area contributed by atoms with Crippen LogP contribution in [0.1, 0.15) is 5.56 Å². The molecule has 0 atom stereocenters. The number of amides is 2. The lowest BCUT2D eigenvalue weighted by Gasteiger charge is -2.32. The molecule has 0 unspecified atom stereocenters. The first-order valence-corrected chi connectivity index (χ1v) is 8.77. The quantitative estimate of drug-likeness (QED) is 0.851. The Morgan fingerprint density at radius 2 is 2.00 bits per heavy atom. The van der Waals surface area contributed by atoms with E-state index in [1.807, 2.05) is 7.05 Å². The maximum Gasteiger partial charge on any atom is 0.416 e. The van der Waals surface area contributed by atoms with Gasteiger partial charge >= 0.3 is 12.2 Å². The van der Waals surface area contributed by atoms with E-state index in [1.54, 1.807) is 11.1 Å². The smallest absolute Gasteiger partial charge is 0.339 e. The second-order valence-corrected chi connectivity index (χ2v) is 6.96. The fourth-order valence-corrected chi connectivity index (χ4v) is 3.36. The van der Waals surface area contributed by atoms with Crippen LogP contribution in [0.4, 0.5) is 23.7 Å². The van der Waals surface area contributed by atoms with Crippen molar-refractivity contribution in [1.82, 2.24) is 19.8 Å². The summed E-state index contributed by atoms with van der Waals surface area (Å²) in [5.74, 6) is 0. The van der Waals surface area contributed by atoms with Crippen LogP contribution in [-0.2, 0) is 6.18 Å². The maximum atomic E-state index is 13.0. The molecular formula is C16H18F3N5OS. The summed E-state index contributed by atoms with van der Waals surface area (Å²) >= 11 is 1.03. The van der Waals surface area contributed by atoms with E-state index in [9.17, 15) is 18.0 Å². The molecule has 10 heteroatoms. The zero-order chi connectivity index (χ0) is 18.7. The number of alkyl halides is 3. The summed E-state index contributed by atoms with van der Waals surface area (Å²) in [6, 6.07) is 2.94. The number of imidazole rings is 1. The van der Waals surface area contributed by atoms with Crippen LogP contribution in [0, 0.1) is 0 Å². The first-order chi connectivity index (χ1) is 12.3. The molecule has 1 fully saturated rings. The Morgan fingerprint density at radius 1 is 1.27 bits per heavy atom. The molecule has 0 radical (unpaired) electrons. The number of anilines is 1. The number of H-pyrrole nitrogens is 1. The van der Waals surface area contributed by atoms with Crippen molar-refractivity contribution in [2.45, 2.75) is 16.2 Å². The number of piperazine rings is 1. The average Bonchev–Trinajstić information content (AvgIpc) is 3.09. The van der Waals surface area contributed by atoms with Crippen molar-refractivity contribution in [2.24, 2.45) is 0 Å². The number of aromatic nitrogens is 2. The van der Waals surface area contributed by atoms with Crippen LogP contribution in [0.2, 0.25) is 0 Å². The highest BCUT2D eigenvalue weighted by atomic mass is 32.2. The summed E-state index contributed by atoms with van der Waals surface area (Å²) in [5.41, 5.74) is -0.451. The molecule has 0 spiro atoms. The molecular weight excluding hydrogens is 367 g/mol. The number of urea groups is 1. The van der Waals surface area contributed by atoms with Crippen LogP contribution in [0.3, 0.4) is 0 Å². The Balaban J connectivity index is 1.81. The normalized spacial score (nSPS) is 15.9. The Kier molecular flexibility index (Phi) is 5.42. The lowest BCUT2D eigenvalue weighted by Crippen LogP contribution is -2.48. The largest absolute Gasteiger partial charge is 0.416 e. The molecule has 1 aliphatic heterocycles. The molecule has 1 aliphatic rings. The SMILES string of the molecule is CN1CCN(C(=O)Nc2ccc(C(F)(F)F)cc2Sc2ncc[nH]2)CC1. The van der Waals surface area contributed by atoms with Gasteiger partial charge < -0.3 is 20.1 Å². The van der Waals surface area contributed by atoms with E-state index in [0.717, 1.165) is 37.0 Å². The van der Waals surface area contributed by atoms with Gasteiger partial charge in [-0.25, -0.2) is 9.78 Å². The molecule has 2 heterocycles. The Morgan fingerprint density at radius 3 is 2.62 bits per heavy atom. The molecule has 2 aromatic rings. The monoisotopic (exact) mass is 385 g/mol. The standard InChI is InChI=1S/C16H18F3N5OS/c1-23-6-8-24(9-7-23)15(25)22-12-3-2-11(16(17,18)19)10-13(12)26-14-20-4-5-21-14/h2-5,10H,6-9H2,1H3,(H,20,21)(H,22,25). The van der Waals surface area contributed by atoms with Crippen LogP contribution in [0.25, 0.3) is 0 Å². The molecule has 6 nitrogen and oxygen atoms in total. The number of likely N-dealkylation sites (N-methyl/N-ethyl adjacent to an activating group) is 1. The third-order valence-electron chi connectivity index (χ3n) is 4.02. The van der Waals surface area contributed by atoms with E-state index in [2.05, 4.69) is 20.2 Å². The number of hydrogen-bond donors (Lipinski definition) is 2. The second kappa shape index (κ2) is 7.58. The zero-order valence-electron chi connectivity index (χ0n) is 14.0. The molecule has 26 heavy (non-hydrogen) atoms. The van der Waals surface area contributed by atoms with Crippen LogP contribution in [-0.4, -0.2) is 59.0 Å². The molecule has 140 valence electrons. The topological polar surface area (TPSA) is 64.3 Å². The minimum Gasteiger partial charge on any atom is -0.339 e. The van der Waals surface area contributed by atoms with Crippen molar-refractivity contribution in [1.29, 1.82) is 0 Å². The third-order valence-corrected chi connectivity index (χ3v) is 5.00. The summed E-state index contributed by atoms with van der Waals surface area (Å²) in [6.07, 6.45) is -1.37. The van der Waals surface area contributed by atoms with E-state index < -0.39 is 11.7 Å². The van der Waals surface area contributed by atoms with Crippen molar-refractivity contribution in [3.63, 3.8) is 0 Å².